The van der Waals surface area contributed by atoms with Gasteiger partial charge in [-0.15, -0.1) is 23.1 Å². The third-order valence-corrected chi connectivity index (χ3v) is 6.64. The Hall–Kier alpha value is -1.38. The normalized spacial score (nSPS) is 12.8. The van der Waals surface area contributed by atoms with Crippen LogP contribution in [0.15, 0.2) is 34.5 Å². The van der Waals surface area contributed by atoms with Crippen molar-refractivity contribution in [2.75, 3.05) is 19.1 Å². The highest BCUT2D eigenvalue weighted by Crippen LogP contribution is 2.24. The molecule has 0 saturated heterocycles. The molecule has 0 aliphatic rings. The summed E-state index contributed by atoms with van der Waals surface area (Å²) in [5.74, 6) is 0.571. The van der Waals surface area contributed by atoms with Crippen LogP contribution in [0.5, 0.6) is 0 Å². The van der Waals surface area contributed by atoms with Crippen LogP contribution in [0.3, 0.4) is 0 Å². The van der Waals surface area contributed by atoms with Crippen LogP contribution in [-0.4, -0.2) is 49.3 Å². The molecule has 0 radical (unpaired) electrons. The number of nitrogens with zero attached hydrogens (tertiary/aromatic N) is 2. The van der Waals surface area contributed by atoms with Gasteiger partial charge in [-0.3, -0.25) is 4.79 Å². The Morgan fingerprint density at radius 3 is 2.48 bits per heavy atom. The van der Waals surface area contributed by atoms with Crippen molar-refractivity contribution in [3.63, 3.8) is 0 Å². The zero-order chi connectivity index (χ0) is 18.6. The van der Waals surface area contributed by atoms with Gasteiger partial charge in [-0.1, -0.05) is 0 Å². The van der Waals surface area contributed by atoms with Gasteiger partial charge in [-0.25, -0.2) is 13.4 Å². The molecule has 0 fully saturated rings. The van der Waals surface area contributed by atoms with E-state index in [1.165, 1.54) is 11.2 Å². The number of hydrogen-bond donors (Lipinski definition) is 0. The number of hydrogen-bond acceptors (Lipinski definition) is 6. The van der Waals surface area contributed by atoms with Gasteiger partial charge >= 0.3 is 0 Å². The summed E-state index contributed by atoms with van der Waals surface area (Å²) in [5.41, 5.74) is 1.61. The van der Waals surface area contributed by atoms with Gasteiger partial charge in [0.1, 0.15) is 9.84 Å². The largest absolute Gasteiger partial charge is 0.338 e. The molecule has 1 amide bonds. The number of sulfone groups is 1. The van der Waals surface area contributed by atoms with E-state index in [9.17, 15) is 13.2 Å². The predicted molar refractivity (Wildman–Crippen MR) is 104 cm³/mol. The van der Waals surface area contributed by atoms with E-state index in [0.29, 0.717) is 5.56 Å². The molecule has 1 atom stereocenters. The first kappa shape index (κ1) is 19.9. The smallest absolute Gasteiger partial charge is 0.253 e. The van der Waals surface area contributed by atoms with E-state index in [4.69, 9.17) is 0 Å². The van der Waals surface area contributed by atoms with Crippen LogP contribution in [0.2, 0.25) is 0 Å². The van der Waals surface area contributed by atoms with Crippen LogP contribution >= 0.6 is 23.1 Å². The fraction of sp³-hybridized carbons (Fsp3) is 0.412. The van der Waals surface area contributed by atoms with Gasteiger partial charge < -0.3 is 4.90 Å². The number of aromatic nitrogens is 1. The molecule has 25 heavy (non-hydrogen) atoms. The van der Waals surface area contributed by atoms with Crippen molar-refractivity contribution in [1.29, 1.82) is 0 Å². The number of benzene rings is 1. The van der Waals surface area contributed by atoms with Crippen LogP contribution in [0.25, 0.3) is 0 Å². The molecular weight excluding hydrogens is 376 g/mol. The molecule has 0 unspecified atom stereocenters. The number of rotatable bonds is 7. The second-order valence-electron chi connectivity index (χ2n) is 6.03. The van der Waals surface area contributed by atoms with E-state index in [0.717, 1.165) is 21.3 Å². The highest BCUT2D eigenvalue weighted by molar-refractivity contribution is 7.98. The topological polar surface area (TPSA) is 67.3 Å². The number of carbonyl (C=O) groups excluding carboxylic acids is 1. The molecule has 5 nitrogen and oxygen atoms in total. The number of carbonyl (C=O) groups is 1. The average molecular weight is 399 g/mol. The van der Waals surface area contributed by atoms with Gasteiger partial charge in [0.05, 0.1) is 16.5 Å². The molecular formula is C17H22N2O3S3. The SMILES string of the molecule is Cc1nc(CSc2ccc(C(=O)N(C)[C@@H](C)CS(C)(=O)=O)cc2)cs1. The Labute approximate surface area is 157 Å². The highest BCUT2D eigenvalue weighted by Gasteiger charge is 2.20. The van der Waals surface area contributed by atoms with Crippen molar-refractivity contribution in [2.24, 2.45) is 0 Å². The molecule has 136 valence electrons. The number of thioether (sulfide) groups is 1. The lowest BCUT2D eigenvalue weighted by atomic mass is 10.2. The van der Waals surface area contributed by atoms with Crippen LogP contribution in [-0.2, 0) is 15.6 Å². The highest BCUT2D eigenvalue weighted by atomic mass is 32.2. The third-order valence-electron chi connectivity index (χ3n) is 3.68. The van der Waals surface area contributed by atoms with E-state index < -0.39 is 9.84 Å². The van der Waals surface area contributed by atoms with Crippen molar-refractivity contribution in [2.45, 2.75) is 30.5 Å². The summed E-state index contributed by atoms with van der Waals surface area (Å²) in [6.07, 6.45) is 1.18. The summed E-state index contributed by atoms with van der Waals surface area (Å²) in [6, 6.07) is 7.00. The molecule has 2 rings (SSSR count). The van der Waals surface area contributed by atoms with Crippen LogP contribution in [0.1, 0.15) is 28.0 Å². The fourth-order valence-electron chi connectivity index (χ4n) is 2.28. The molecule has 1 aromatic carbocycles. The Morgan fingerprint density at radius 2 is 1.96 bits per heavy atom. The van der Waals surface area contributed by atoms with Crippen molar-refractivity contribution < 1.29 is 13.2 Å². The Morgan fingerprint density at radius 1 is 1.32 bits per heavy atom. The molecule has 0 aliphatic heterocycles. The fourth-order valence-corrected chi connectivity index (χ4v) is 4.89. The van der Waals surface area contributed by atoms with E-state index in [1.54, 1.807) is 49.2 Å². The summed E-state index contributed by atoms with van der Waals surface area (Å²) >= 11 is 3.31. The first-order valence-corrected chi connectivity index (χ1v) is 11.7. The maximum Gasteiger partial charge on any atom is 0.253 e. The third kappa shape index (κ3) is 6.13. The van der Waals surface area contributed by atoms with E-state index in [2.05, 4.69) is 10.4 Å². The number of thiazole rings is 1. The van der Waals surface area contributed by atoms with Crippen LogP contribution in [0.4, 0.5) is 0 Å². The van der Waals surface area contributed by atoms with Gasteiger partial charge in [-0.05, 0) is 38.1 Å². The van der Waals surface area contributed by atoms with Gasteiger partial charge in [0, 0.05) is 40.9 Å². The Kier molecular flexibility index (Phi) is 6.65. The Bertz CT molecular complexity index is 829. The molecule has 0 bridgehead atoms. The van der Waals surface area contributed by atoms with Gasteiger partial charge in [0.25, 0.3) is 5.91 Å². The standard InChI is InChI=1S/C17H22N2O3S3/c1-12(11-25(4,21)22)19(3)17(20)14-5-7-16(8-6-14)24-10-15-9-23-13(2)18-15/h5-9,12H,10-11H2,1-4H3/t12-/m0/s1. The molecule has 0 aliphatic carbocycles. The maximum atomic E-state index is 12.5. The predicted octanol–water partition coefficient (Wildman–Crippen LogP) is 3.25. The maximum absolute atomic E-state index is 12.5. The molecule has 0 N–H and O–H groups in total. The van der Waals surface area contributed by atoms with Gasteiger partial charge in [0.15, 0.2) is 0 Å². The van der Waals surface area contributed by atoms with Crippen molar-refractivity contribution in [1.82, 2.24) is 9.88 Å². The lowest BCUT2D eigenvalue weighted by Gasteiger charge is -2.24. The molecule has 8 heteroatoms. The summed E-state index contributed by atoms with van der Waals surface area (Å²) in [4.78, 5) is 19.4. The van der Waals surface area contributed by atoms with Gasteiger partial charge in [-0.2, -0.15) is 0 Å². The summed E-state index contributed by atoms with van der Waals surface area (Å²) in [7, 11) is -1.49. The minimum Gasteiger partial charge on any atom is -0.338 e. The van der Waals surface area contributed by atoms with Crippen LogP contribution in [0, 0.1) is 6.92 Å². The Balaban J connectivity index is 1.97. The monoisotopic (exact) mass is 398 g/mol. The average Bonchev–Trinajstić information content (AvgIpc) is 2.96. The van der Waals surface area contributed by atoms with Crippen LogP contribution < -0.4 is 0 Å². The molecule has 1 heterocycles. The summed E-state index contributed by atoms with van der Waals surface area (Å²) < 4.78 is 22.8. The van der Waals surface area contributed by atoms with Crippen molar-refractivity contribution >= 4 is 38.8 Å². The lowest BCUT2D eigenvalue weighted by molar-refractivity contribution is 0.0757. The zero-order valence-corrected chi connectivity index (χ0v) is 17.2. The minimum atomic E-state index is -3.13. The quantitative estimate of drug-likeness (QED) is 0.670. The van der Waals surface area contributed by atoms with E-state index >= 15 is 0 Å². The number of aryl methyl sites for hydroxylation is 1. The number of amides is 1. The molecule has 0 saturated carbocycles. The lowest BCUT2D eigenvalue weighted by Crippen LogP contribution is -2.39. The summed E-state index contributed by atoms with van der Waals surface area (Å²) in [6.45, 7) is 3.72. The second-order valence-corrected chi connectivity index (χ2v) is 10.3. The van der Waals surface area contributed by atoms with E-state index in [1.807, 2.05) is 19.1 Å². The van der Waals surface area contributed by atoms with E-state index in [-0.39, 0.29) is 17.7 Å². The minimum absolute atomic E-state index is 0.0454. The molecule has 1 aromatic heterocycles. The molecule has 2 aromatic rings. The zero-order valence-electron chi connectivity index (χ0n) is 14.7. The van der Waals surface area contributed by atoms with Gasteiger partial charge in [0.2, 0.25) is 0 Å². The van der Waals surface area contributed by atoms with Crippen molar-refractivity contribution in [3.05, 3.63) is 45.9 Å². The van der Waals surface area contributed by atoms with Crippen molar-refractivity contribution in [3.8, 4) is 0 Å². The second kappa shape index (κ2) is 8.33. The molecule has 0 spiro atoms. The first-order valence-electron chi connectivity index (χ1n) is 7.74. The summed E-state index contributed by atoms with van der Waals surface area (Å²) in [5, 5.41) is 3.11. The first-order chi connectivity index (χ1) is 11.7.